The Morgan fingerprint density at radius 3 is 2.47 bits per heavy atom. The lowest BCUT2D eigenvalue weighted by atomic mass is 9.77. The van der Waals surface area contributed by atoms with Gasteiger partial charge in [0.2, 0.25) is 12.7 Å². The number of carboxylic acids is 1. The molecule has 3 atom stereocenters. The van der Waals surface area contributed by atoms with E-state index in [1.807, 2.05) is 28.9 Å². The fraction of sp³-hybridized carbons (Fsp3) is 0.556. The maximum absolute atomic E-state index is 14.5. The molecule has 9 heteroatoms. The monoisotopic (exact) mass is 624 g/mol. The van der Waals surface area contributed by atoms with Crippen LogP contribution in [0.4, 0.5) is 10.1 Å². The van der Waals surface area contributed by atoms with Gasteiger partial charge in [-0.3, -0.25) is 14.5 Å². The molecule has 8 nitrogen and oxygen atoms in total. The predicted octanol–water partition coefficient (Wildman–Crippen LogP) is 6.82. The number of allylic oxidation sites excluding steroid dienone is 2. The van der Waals surface area contributed by atoms with E-state index >= 15 is 0 Å². The highest BCUT2D eigenvalue weighted by Gasteiger charge is 2.49. The number of aliphatic hydroxyl groups excluding tert-OH is 1. The highest BCUT2D eigenvalue weighted by molar-refractivity contribution is 5.95. The summed E-state index contributed by atoms with van der Waals surface area (Å²) in [6.45, 7) is 12.1. The van der Waals surface area contributed by atoms with Gasteiger partial charge in [0, 0.05) is 35.8 Å². The van der Waals surface area contributed by atoms with Gasteiger partial charge in [-0.2, -0.15) is 0 Å². The third-order valence-corrected chi connectivity index (χ3v) is 9.19. The molecule has 45 heavy (non-hydrogen) atoms. The Hall–Kier alpha value is -3.43. The molecule has 0 spiro atoms. The summed E-state index contributed by atoms with van der Waals surface area (Å²) in [5.41, 5.74) is 2.09. The third-order valence-electron chi connectivity index (χ3n) is 9.19. The largest absolute Gasteiger partial charge is 0.481 e. The number of rotatable bonds is 14. The van der Waals surface area contributed by atoms with Gasteiger partial charge in [0.15, 0.2) is 11.5 Å². The van der Waals surface area contributed by atoms with Crippen LogP contribution < -0.4 is 14.4 Å². The number of hydrogen-bond acceptors (Lipinski definition) is 6. The molecule has 0 bridgehead atoms. The minimum Gasteiger partial charge on any atom is -0.481 e. The standard InChI is InChI=1S/C36H49FN2O6/c1-7-10-26(11-8-2)39(27-12-13-29(37)23(4)15-27)32(41)20-38-19-28(24-16-25(21-40)34-31(17-24)44-22-45-34)33(35(42)43)30(38)18-36(5,6)14-9-3/h9,12-17,26,28,30,33,40H,7-8,10-11,18-22H2,1-6H3,(H,42,43)/b14-9+/t28-,30+,33-/m1/s1. The van der Waals surface area contributed by atoms with Crippen molar-refractivity contribution in [2.75, 3.05) is 24.8 Å². The molecule has 2 heterocycles. The predicted molar refractivity (Wildman–Crippen MR) is 173 cm³/mol. The van der Waals surface area contributed by atoms with Crippen LogP contribution >= 0.6 is 0 Å². The van der Waals surface area contributed by atoms with E-state index in [9.17, 15) is 24.2 Å². The molecule has 2 aliphatic rings. The van der Waals surface area contributed by atoms with Crippen LogP contribution in [0.1, 0.15) is 89.3 Å². The van der Waals surface area contributed by atoms with Crippen molar-refractivity contribution in [3.63, 3.8) is 0 Å². The Bertz CT molecular complexity index is 1390. The number of nitrogens with zero attached hydrogens (tertiary/aromatic N) is 2. The summed E-state index contributed by atoms with van der Waals surface area (Å²) in [6, 6.07) is 7.92. The van der Waals surface area contributed by atoms with Crippen LogP contribution in [0.5, 0.6) is 11.5 Å². The Kier molecular flexibility index (Phi) is 11.3. The number of anilines is 1. The number of aliphatic hydroxyl groups is 1. The maximum atomic E-state index is 14.5. The van der Waals surface area contributed by atoms with Crippen LogP contribution in [-0.4, -0.2) is 59.0 Å². The highest BCUT2D eigenvalue weighted by Crippen LogP contribution is 2.46. The summed E-state index contributed by atoms with van der Waals surface area (Å²) in [5.74, 6) is -1.68. The molecule has 0 radical (unpaired) electrons. The van der Waals surface area contributed by atoms with Crippen molar-refractivity contribution >= 4 is 17.6 Å². The molecule has 1 amide bonds. The first-order valence-corrected chi connectivity index (χ1v) is 16.2. The van der Waals surface area contributed by atoms with Crippen LogP contribution in [0.25, 0.3) is 0 Å². The van der Waals surface area contributed by atoms with Crippen LogP contribution in [0.2, 0.25) is 0 Å². The van der Waals surface area contributed by atoms with Crippen molar-refractivity contribution < 1.29 is 33.7 Å². The number of ether oxygens (including phenoxy) is 2. The van der Waals surface area contributed by atoms with E-state index in [1.165, 1.54) is 6.07 Å². The molecular weight excluding hydrogens is 575 g/mol. The number of hydrogen-bond donors (Lipinski definition) is 2. The average molecular weight is 625 g/mol. The highest BCUT2D eigenvalue weighted by atomic mass is 19.1. The van der Waals surface area contributed by atoms with Gasteiger partial charge in [0.25, 0.3) is 0 Å². The quantitative estimate of drug-likeness (QED) is 0.223. The fourth-order valence-electron chi connectivity index (χ4n) is 7.24. The second-order valence-electron chi connectivity index (χ2n) is 13.2. The summed E-state index contributed by atoms with van der Waals surface area (Å²) in [6.07, 6.45) is 7.96. The zero-order chi connectivity index (χ0) is 32.9. The first-order valence-electron chi connectivity index (χ1n) is 16.2. The normalized spacial score (nSPS) is 20.0. The summed E-state index contributed by atoms with van der Waals surface area (Å²) in [5, 5.41) is 20.8. The van der Waals surface area contributed by atoms with Gasteiger partial charge in [-0.25, -0.2) is 4.39 Å². The van der Waals surface area contributed by atoms with Crippen LogP contribution in [-0.2, 0) is 16.2 Å². The number of fused-ring (bicyclic) bond motifs is 1. The van der Waals surface area contributed by atoms with Crippen LogP contribution in [0, 0.1) is 24.1 Å². The van der Waals surface area contributed by atoms with E-state index < -0.39 is 23.8 Å². The molecule has 4 rings (SSSR count). The molecule has 2 aromatic carbocycles. The van der Waals surface area contributed by atoms with E-state index in [2.05, 4.69) is 33.8 Å². The zero-order valence-corrected chi connectivity index (χ0v) is 27.5. The van der Waals surface area contributed by atoms with Gasteiger partial charge >= 0.3 is 5.97 Å². The van der Waals surface area contributed by atoms with Crippen molar-refractivity contribution in [2.24, 2.45) is 11.3 Å². The summed E-state index contributed by atoms with van der Waals surface area (Å²) >= 11 is 0. The van der Waals surface area contributed by atoms with Crippen molar-refractivity contribution in [1.82, 2.24) is 4.90 Å². The van der Waals surface area contributed by atoms with Gasteiger partial charge in [0.1, 0.15) is 5.82 Å². The molecule has 0 saturated carbocycles. The molecule has 2 N–H and O–H groups in total. The second-order valence-corrected chi connectivity index (χ2v) is 13.2. The van der Waals surface area contributed by atoms with Gasteiger partial charge < -0.3 is 24.6 Å². The molecule has 1 saturated heterocycles. The number of likely N-dealkylation sites (tertiary alicyclic amines) is 1. The minimum absolute atomic E-state index is 0.0224. The topological polar surface area (TPSA) is 99.5 Å². The lowest BCUT2D eigenvalue weighted by Gasteiger charge is -2.36. The molecular formula is C36H49FN2O6. The van der Waals surface area contributed by atoms with Crippen LogP contribution in [0.15, 0.2) is 42.5 Å². The summed E-state index contributed by atoms with van der Waals surface area (Å²) in [7, 11) is 0. The maximum Gasteiger partial charge on any atom is 0.308 e. The van der Waals surface area contributed by atoms with E-state index in [1.54, 1.807) is 25.1 Å². The fourth-order valence-corrected chi connectivity index (χ4v) is 7.24. The Labute approximate surface area is 266 Å². The molecule has 2 aliphatic heterocycles. The lowest BCUT2D eigenvalue weighted by Crippen LogP contribution is -2.48. The number of carbonyl (C=O) groups excluding carboxylic acids is 1. The smallest absolute Gasteiger partial charge is 0.308 e. The van der Waals surface area contributed by atoms with E-state index in [0.29, 0.717) is 41.3 Å². The Balaban J connectivity index is 1.77. The van der Waals surface area contributed by atoms with Gasteiger partial charge in [-0.1, -0.05) is 52.7 Å². The number of amides is 1. The molecule has 246 valence electrons. The molecule has 0 aromatic heterocycles. The first kappa shape index (κ1) is 34.4. The van der Waals surface area contributed by atoms with Crippen molar-refractivity contribution in [3.8, 4) is 11.5 Å². The van der Waals surface area contributed by atoms with E-state index in [4.69, 9.17) is 9.47 Å². The number of halogens is 1. The number of aryl methyl sites for hydroxylation is 1. The Morgan fingerprint density at radius 1 is 1.16 bits per heavy atom. The minimum atomic E-state index is -0.930. The van der Waals surface area contributed by atoms with Gasteiger partial charge in [-0.15, -0.1) is 0 Å². The Morgan fingerprint density at radius 2 is 1.87 bits per heavy atom. The number of aliphatic carboxylic acids is 1. The van der Waals surface area contributed by atoms with Crippen molar-refractivity contribution in [2.45, 2.75) is 98.3 Å². The number of carbonyl (C=O) groups is 2. The molecule has 0 unspecified atom stereocenters. The summed E-state index contributed by atoms with van der Waals surface area (Å²) < 4.78 is 25.5. The number of carboxylic acid groups (broad SMARTS) is 1. The molecule has 1 fully saturated rings. The SMILES string of the molecule is C/C=C/C(C)(C)C[C@H]1[C@H](C(=O)O)[C@@H](c2cc(CO)c3c(c2)OCO3)CN1CC(=O)N(c1ccc(F)c(C)c1)C(CCC)CCC. The van der Waals surface area contributed by atoms with Crippen molar-refractivity contribution in [1.29, 1.82) is 0 Å². The van der Waals surface area contributed by atoms with Crippen LogP contribution in [0.3, 0.4) is 0 Å². The average Bonchev–Trinajstić information content (AvgIpc) is 3.59. The zero-order valence-electron chi connectivity index (χ0n) is 27.5. The van der Waals surface area contributed by atoms with Gasteiger partial charge in [-0.05, 0) is 80.0 Å². The lowest BCUT2D eigenvalue weighted by molar-refractivity contribution is -0.143. The molecule has 2 aromatic rings. The summed E-state index contributed by atoms with van der Waals surface area (Å²) in [4.78, 5) is 31.4. The van der Waals surface area contributed by atoms with Crippen molar-refractivity contribution in [3.05, 3.63) is 65.0 Å². The first-order chi connectivity index (χ1) is 21.4. The van der Waals surface area contributed by atoms with E-state index in [0.717, 1.165) is 31.2 Å². The van der Waals surface area contributed by atoms with Gasteiger partial charge in [0.05, 0.1) is 19.1 Å². The van der Waals surface area contributed by atoms with E-state index in [-0.39, 0.29) is 43.1 Å². The third kappa shape index (κ3) is 7.69. The second kappa shape index (κ2) is 14.8. The molecule has 0 aliphatic carbocycles. The number of benzene rings is 2.